The van der Waals surface area contributed by atoms with Crippen LogP contribution < -0.4 is 10.1 Å². The first kappa shape index (κ1) is 17.2. The Morgan fingerprint density at radius 2 is 2.00 bits per heavy atom. The van der Waals surface area contributed by atoms with Crippen LogP contribution in [0.2, 0.25) is 0 Å². The first-order valence-corrected chi connectivity index (χ1v) is 8.68. The molecule has 2 heterocycles. The molecule has 1 aliphatic heterocycles. The predicted octanol–water partition coefficient (Wildman–Crippen LogP) is 2.68. The van der Waals surface area contributed by atoms with Gasteiger partial charge in [0.25, 0.3) is 5.91 Å². The third kappa shape index (κ3) is 4.26. The second-order valence-corrected chi connectivity index (χ2v) is 6.17. The van der Waals surface area contributed by atoms with Crippen molar-refractivity contribution >= 4 is 11.7 Å². The number of para-hydroxylation sites is 1. The number of methoxy groups -OCH3 is 1. The van der Waals surface area contributed by atoms with E-state index in [0.29, 0.717) is 23.9 Å². The Hall–Kier alpha value is -2.63. The van der Waals surface area contributed by atoms with Gasteiger partial charge in [-0.05, 0) is 37.8 Å². The zero-order chi connectivity index (χ0) is 17.6. The Labute approximate surface area is 148 Å². The Bertz CT molecular complexity index is 742. The lowest BCUT2D eigenvalue weighted by molar-refractivity contribution is 0.0786. The smallest absolute Gasteiger partial charge is 0.272 e. The predicted molar refractivity (Wildman–Crippen MR) is 97.1 cm³/mol. The van der Waals surface area contributed by atoms with Crippen molar-refractivity contribution in [3.05, 3.63) is 47.4 Å². The van der Waals surface area contributed by atoms with Gasteiger partial charge in [0.05, 0.1) is 7.11 Å². The number of rotatable bonds is 6. The maximum atomic E-state index is 12.5. The van der Waals surface area contributed by atoms with Gasteiger partial charge in [0, 0.05) is 25.7 Å². The van der Waals surface area contributed by atoms with E-state index in [1.165, 1.54) is 0 Å². The SMILES string of the molecule is COc1ccccc1CCNc1cc(C(=O)N2CCCC2)nc(C)n1. The minimum Gasteiger partial charge on any atom is -0.496 e. The zero-order valence-corrected chi connectivity index (χ0v) is 14.8. The van der Waals surface area contributed by atoms with Gasteiger partial charge in [-0.15, -0.1) is 0 Å². The van der Waals surface area contributed by atoms with Gasteiger partial charge < -0.3 is 15.0 Å². The van der Waals surface area contributed by atoms with Crippen molar-refractivity contribution in [1.82, 2.24) is 14.9 Å². The molecule has 0 radical (unpaired) electrons. The van der Waals surface area contributed by atoms with Gasteiger partial charge in [-0.1, -0.05) is 18.2 Å². The number of benzene rings is 1. The number of aryl methyl sites for hydroxylation is 1. The van der Waals surface area contributed by atoms with Crippen molar-refractivity contribution in [2.24, 2.45) is 0 Å². The highest BCUT2D eigenvalue weighted by molar-refractivity contribution is 5.93. The van der Waals surface area contributed by atoms with Gasteiger partial charge in [0.2, 0.25) is 0 Å². The number of carbonyl (C=O) groups excluding carboxylic acids is 1. The Morgan fingerprint density at radius 1 is 1.24 bits per heavy atom. The van der Waals surface area contributed by atoms with Crippen molar-refractivity contribution in [2.75, 3.05) is 32.1 Å². The Kier molecular flexibility index (Phi) is 5.48. The molecule has 0 aliphatic carbocycles. The van der Waals surface area contributed by atoms with Gasteiger partial charge in [-0.3, -0.25) is 4.79 Å². The van der Waals surface area contributed by atoms with Crippen LogP contribution in [-0.4, -0.2) is 47.5 Å². The van der Waals surface area contributed by atoms with Crippen molar-refractivity contribution < 1.29 is 9.53 Å². The molecule has 3 rings (SSSR count). The van der Waals surface area contributed by atoms with E-state index < -0.39 is 0 Å². The number of ether oxygens (including phenoxy) is 1. The number of likely N-dealkylation sites (tertiary alicyclic amines) is 1. The van der Waals surface area contributed by atoms with Crippen LogP contribution >= 0.6 is 0 Å². The average Bonchev–Trinajstić information content (AvgIpc) is 3.15. The molecule has 25 heavy (non-hydrogen) atoms. The molecule has 6 heteroatoms. The molecule has 1 aliphatic rings. The summed E-state index contributed by atoms with van der Waals surface area (Å²) in [5, 5.41) is 3.29. The molecule has 0 spiro atoms. The fourth-order valence-corrected chi connectivity index (χ4v) is 3.08. The fourth-order valence-electron chi connectivity index (χ4n) is 3.08. The highest BCUT2D eigenvalue weighted by atomic mass is 16.5. The molecule has 1 fully saturated rings. The summed E-state index contributed by atoms with van der Waals surface area (Å²) in [6.45, 7) is 4.15. The largest absolute Gasteiger partial charge is 0.496 e. The van der Waals surface area contributed by atoms with E-state index in [9.17, 15) is 4.79 Å². The van der Waals surface area contributed by atoms with E-state index in [4.69, 9.17) is 4.74 Å². The summed E-state index contributed by atoms with van der Waals surface area (Å²) in [5.41, 5.74) is 1.60. The summed E-state index contributed by atoms with van der Waals surface area (Å²) in [5.74, 6) is 2.17. The monoisotopic (exact) mass is 340 g/mol. The van der Waals surface area contributed by atoms with E-state index in [-0.39, 0.29) is 5.91 Å². The number of amides is 1. The lowest BCUT2D eigenvalue weighted by atomic mass is 10.1. The van der Waals surface area contributed by atoms with Crippen LogP contribution in [-0.2, 0) is 6.42 Å². The molecule has 1 aromatic carbocycles. The minimum absolute atomic E-state index is 0.00391. The molecule has 0 atom stereocenters. The van der Waals surface area contributed by atoms with E-state index in [1.807, 2.05) is 36.1 Å². The van der Waals surface area contributed by atoms with Crippen LogP contribution in [0.25, 0.3) is 0 Å². The molecule has 1 N–H and O–H groups in total. The highest BCUT2D eigenvalue weighted by Gasteiger charge is 2.21. The lowest BCUT2D eigenvalue weighted by Crippen LogP contribution is -2.28. The van der Waals surface area contributed by atoms with Gasteiger partial charge >= 0.3 is 0 Å². The fraction of sp³-hybridized carbons (Fsp3) is 0.421. The van der Waals surface area contributed by atoms with Crippen LogP contribution in [0.4, 0.5) is 5.82 Å². The van der Waals surface area contributed by atoms with Gasteiger partial charge in [-0.2, -0.15) is 0 Å². The molecule has 2 aromatic rings. The number of nitrogens with zero attached hydrogens (tertiary/aromatic N) is 3. The molecule has 0 unspecified atom stereocenters. The van der Waals surface area contributed by atoms with E-state index in [0.717, 1.165) is 43.7 Å². The molecule has 1 saturated heterocycles. The topological polar surface area (TPSA) is 67.3 Å². The van der Waals surface area contributed by atoms with Crippen LogP contribution in [0.15, 0.2) is 30.3 Å². The second-order valence-electron chi connectivity index (χ2n) is 6.17. The molecular weight excluding hydrogens is 316 g/mol. The van der Waals surface area contributed by atoms with Crippen molar-refractivity contribution in [2.45, 2.75) is 26.2 Å². The summed E-state index contributed by atoms with van der Waals surface area (Å²) in [7, 11) is 1.68. The number of aromatic nitrogens is 2. The van der Waals surface area contributed by atoms with E-state index in [1.54, 1.807) is 13.2 Å². The average molecular weight is 340 g/mol. The molecule has 1 aromatic heterocycles. The number of anilines is 1. The zero-order valence-electron chi connectivity index (χ0n) is 14.8. The standard InChI is InChI=1S/C19H24N4O2/c1-14-21-16(19(24)23-11-5-6-12-23)13-18(22-14)20-10-9-15-7-3-4-8-17(15)25-2/h3-4,7-8,13H,5-6,9-12H2,1-2H3,(H,20,21,22). The summed E-state index contributed by atoms with van der Waals surface area (Å²) in [4.78, 5) is 23.1. The summed E-state index contributed by atoms with van der Waals surface area (Å²) < 4.78 is 5.37. The van der Waals surface area contributed by atoms with Gasteiger partial charge in [0.1, 0.15) is 23.1 Å². The van der Waals surface area contributed by atoms with Crippen LogP contribution in [0.5, 0.6) is 5.75 Å². The van der Waals surface area contributed by atoms with Crippen molar-refractivity contribution in [1.29, 1.82) is 0 Å². The molecule has 6 nitrogen and oxygen atoms in total. The van der Waals surface area contributed by atoms with Gasteiger partial charge in [0.15, 0.2) is 0 Å². The third-order valence-corrected chi connectivity index (χ3v) is 4.34. The summed E-state index contributed by atoms with van der Waals surface area (Å²) in [6, 6.07) is 9.71. The first-order valence-electron chi connectivity index (χ1n) is 8.68. The molecule has 1 amide bonds. The molecule has 132 valence electrons. The second kappa shape index (κ2) is 7.96. The highest BCUT2D eigenvalue weighted by Crippen LogP contribution is 2.18. The number of hydrogen-bond acceptors (Lipinski definition) is 5. The molecule has 0 bridgehead atoms. The van der Waals surface area contributed by atoms with Crippen LogP contribution in [0, 0.1) is 6.92 Å². The normalized spacial score (nSPS) is 13.8. The van der Waals surface area contributed by atoms with E-state index >= 15 is 0 Å². The number of carbonyl (C=O) groups is 1. The molecule has 0 saturated carbocycles. The lowest BCUT2D eigenvalue weighted by Gasteiger charge is -2.15. The van der Waals surface area contributed by atoms with Crippen molar-refractivity contribution in [3.63, 3.8) is 0 Å². The van der Waals surface area contributed by atoms with Crippen LogP contribution in [0.1, 0.15) is 34.7 Å². The Balaban J connectivity index is 1.65. The van der Waals surface area contributed by atoms with Crippen LogP contribution in [0.3, 0.4) is 0 Å². The van der Waals surface area contributed by atoms with E-state index in [2.05, 4.69) is 15.3 Å². The summed E-state index contributed by atoms with van der Waals surface area (Å²) in [6.07, 6.45) is 2.95. The maximum Gasteiger partial charge on any atom is 0.272 e. The third-order valence-electron chi connectivity index (χ3n) is 4.34. The Morgan fingerprint density at radius 3 is 2.76 bits per heavy atom. The quantitative estimate of drug-likeness (QED) is 0.876. The molecular formula is C19H24N4O2. The summed E-state index contributed by atoms with van der Waals surface area (Å²) >= 11 is 0. The number of hydrogen-bond donors (Lipinski definition) is 1. The maximum absolute atomic E-state index is 12.5. The number of nitrogens with one attached hydrogen (secondary N) is 1. The first-order chi connectivity index (χ1) is 12.2. The minimum atomic E-state index is -0.00391. The van der Waals surface area contributed by atoms with Crippen molar-refractivity contribution in [3.8, 4) is 5.75 Å². The van der Waals surface area contributed by atoms with Gasteiger partial charge in [-0.25, -0.2) is 9.97 Å².